The minimum Gasteiger partial charge on any atom is -0.465 e. The van der Waals surface area contributed by atoms with Gasteiger partial charge in [0.1, 0.15) is 5.57 Å². The number of ether oxygens (including phenoxy) is 1. The zero-order valence-electron chi connectivity index (χ0n) is 6.37. The van der Waals surface area contributed by atoms with Crippen molar-refractivity contribution < 1.29 is 19.1 Å². The predicted octanol–water partition coefficient (Wildman–Crippen LogP) is -0.206. The molecular formula is C8H6O4. The Kier molecular flexibility index (Phi) is 2.19. The summed E-state index contributed by atoms with van der Waals surface area (Å²) < 4.78 is 4.29. The lowest BCUT2D eigenvalue weighted by molar-refractivity contribution is -0.137. The Morgan fingerprint density at radius 2 is 2.00 bits per heavy atom. The third-order valence-corrected chi connectivity index (χ3v) is 1.36. The van der Waals surface area contributed by atoms with Gasteiger partial charge in [0.2, 0.25) is 0 Å². The maximum absolute atomic E-state index is 10.9. The zero-order valence-corrected chi connectivity index (χ0v) is 6.37. The van der Waals surface area contributed by atoms with Gasteiger partial charge in [-0.05, 0) is 12.2 Å². The van der Waals surface area contributed by atoms with Gasteiger partial charge in [-0.1, -0.05) is 0 Å². The van der Waals surface area contributed by atoms with Crippen molar-refractivity contribution in [3.05, 3.63) is 23.8 Å². The van der Waals surface area contributed by atoms with Crippen molar-refractivity contribution in [2.45, 2.75) is 0 Å². The minimum absolute atomic E-state index is 0.218. The lowest BCUT2D eigenvalue weighted by atomic mass is 10.0. The van der Waals surface area contributed by atoms with Crippen LogP contribution in [0.1, 0.15) is 0 Å². The molecule has 0 fully saturated rings. The van der Waals surface area contributed by atoms with E-state index in [1.165, 1.54) is 0 Å². The molecule has 0 aromatic carbocycles. The van der Waals surface area contributed by atoms with Crippen LogP contribution in [-0.2, 0) is 19.1 Å². The Labute approximate surface area is 68.5 Å². The first-order valence-electron chi connectivity index (χ1n) is 3.21. The third kappa shape index (κ3) is 1.47. The lowest BCUT2D eigenvalue weighted by Crippen LogP contribution is -2.16. The summed E-state index contributed by atoms with van der Waals surface area (Å²) in [5.74, 6) is -1.66. The highest BCUT2D eigenvalue weighted by Gasteiger charge is 2.20. The van der Waals surface area contributed by atoms with Crippen molar-refractivity contribution in [3.63, 3.8) is 0 Å². The van der Waals surface area contributed by atoms with Crippen LogP contribution in [0.15, 0.2) is 23.8 Å². The van der Waals surface area contributed by atoms with Gasteiger partial charge in [0.15, 0.2) is 11.6 Å². The van der Waals surface area contributed by atoms with E-state index >= 15 is 0 Å². The number of allylic oxidation sites excluding steroid dienone is 3. The fourth-order valence-electron chi connectivity index (χ4n) is 0.779. The van der Waals surface area contributed by atoms with E-state index in [4.69, 9.17) is 0 Å². The zero-order chi connectivity index (χ0) is 9.14. The monoisotopic (exact) mass is 166 g/mol. The average Bonchev–Trinajstić information content (AvgIpc) is 2.08. The lowest BCUT2D eigenvalue weighted by Gasteiger charge is -2.02. The standard InChI is InChI=1S/C8H6O4/c1-12-8(11)6-4-5(9)2-3-7(6)10/h2-4H,1H3. The highest BCUT2D eigenvalue weighted by Crippen LogP contribution is 2.06. The summed E-state index contributed by atoms with van der Waals surface area (Å²) >= 11 is 0. The van der Waals surface area contributed by atoms with Gasteiger partial charge in [-0.2, -0.15) is 0 Å². The topological polar surface area (TPSA) is 60.4 Å². The van der Waals surface area contributed by atoms with E-state index in [0.717, 1.165) is 25.3 Å². The number of ketones is 2. The molecular weight excluding hydrogens is 160 g/mol. The van der Waals surface area contributed by atoms with E-state index in [1.54, 1.807) is 0 Å². The second-order valence-corrected chi connectivity index (χ2v) is 2.15. The number of carbonyl (C=O) groups is 3. The molecule has 0 unspecified atom stereocenters. The molecule has 4 heteroatoms. The van der Waals surface area contributed by atoms with Crippen LogP contribution in [-0.4, -0.2) is 24.6 Å². The summed E-state index contributed by atoms with van der Waals surface area (Å²) in [6, 6.07) is 0. The first kappa shape index (κ1) is 8.39. The van der Waals surface area contributed by atoms with Gasteiger partial charge in [-0.3, -0.25) is 9.59 Å². The molecule has 4 nitrogen and oxygen atoms in total. The van der Waals surface area contributed by atoms with Crippen molar-refractivity contribution >= 4 is 17.5 Å². The Morgan fingerprint density at radius 1 is 1.33 bits per heavy atom. The molecule has 0 amide bonds. The molecule has 62 valence electrons. The van der Waals surface area contributed by atoms with Crippen molar-refractivity contribution in [2.75, 3.05) is 7.11 Å². The van der Waals surface area contributed by atoms with E-state index in [0.29, 0.717) is 0 Å². The molecule has 0 spiro atoms. The highest BCUT2D eigenvalue weighted by atomic mass is 16.5. The average molecular weight is 166 g/mol. The van der Waals surface area contributed by atoms with Gasteiger partial charge >= 0.3 is 5.97 Å². The molecule has 0 saturated carbocycles. The van der Waals surface area contributed by atoms with Gasteiger partial charge in [-0.25, -0.2) is 4.79 Å². The van der Waals surface area contributed by atoms with Crippen molar-refractivity contribution in [3.8, 4) is 0 Å². The quantitative estimate of drug-likeness (QED) is 0.307. The predicted molar refractivity (Wildman–Crippen MR) is 39.3 cm³/mol. The van der Waals surface area contributed by atoms with E-state index in [1.807, 2.05) is 0 Å². The van der Waals surface area contributed by atoms with Crippen LogP contribution >= 0.6 is 0 Å². The van der Waals surface area contributed by atoms with Gasteiger partial charge < -0.3 is 4.74 Å². The molecule has 0 aliphatic heterocycles. The van der Waals surface area contributed by atoms with Crippen molar-refractivity contribution in [2.24, 2.45) is 0 Å². The summed E-state index contributed by atoms with van der Waals surface area (Å²) in [6.07, 6.45) is 3.12. The molecule has 1 aliphatic rings. The number of esters is 1. The maximum atomic E-state index is 10.9. The Balaban J connectivity index is 2.96. The van der Waals surface area contributed by atoms with E-state index in [9.17, 15) is 14.4 Å². The van der Waals surface area contributed by atoms with Gasteiger partial charge in [0.05, 0.1) is 7.11 Å². The molecule has 0 atom stereocenters. The largest absolute Gasteiger partial charge is 0.465 e. The van der Waals surface area contributed by atoms with Crippen molar-refractivity contribution in [1.29, 1.82) is 0 Å². The van der Waals surface area contributed by atoms with Gasteiger partial charge in [0, 0.05) is 6.08 Å². The number of rotatable bonds is 1. The molecule has 1 aliphatic carbocycles. The summed E-state index contributed by atoms with van der Waals surface area (Å²) in [5.41, 5.74) is -0.218. The smallest absolute Gasteiger partial charge is 0.341 e. The molecule has 1 rings (SSSR count). The Morgan fingerprint density at radius 3 is 2.58 bits per heavy atom. The van der Waals surface area contributed by atoms with Crippen LogP contribution in [0.5, 0.6) is 0 Å². The molecule has 0 aromatic rings. The molecule has 0 saturated heterocycles. The van der Waals surface area contributed by atoms with Crippen LogP contribution in [0.25, 0.3) is 0 Å². The second-order valence-electron chi connectivity index (χ2n) is 2.15. The fraction of sp³-hybridized carbons (Fsp3) is 0.125. The minimum atomic E-state index is -0.780. The molecule has 12 heavy (non-hydrogen) atoms. The van der Waals surface area contributed by atoms with Crippen LogP contribution in [0.4, 0.5) is 0 Å². The van der Waals surface area contributed by atoms with Crippen LogP contribution in [0.2, 0.25) is 0 Å². The molecule has 0 aromatic heterocycles. The first-order chi connectivity index (χ1) is 5.65. The van der Waals surface area contributed by atoms with Crippen LogP contribution in [0, 0.1) is 0 Å². The van der Waals surface area contributed by atoms with E-state index in [-0.39, 0.29) is 11.4 Å². The fourth-order valence-corrected chi connectivity index (χ4v) is 0.779. The number of carbonyl (C=O) groups excluding carboxylic acids is 3. The van der Waals surface area contributed by atoms with Crippen LogP contribution in [0.3, 0.4) is 0 Å². The summed E-state index contributed by atoms with van der Waals surface area (Å²) in [5, 5.41) is 0. The summed E-state index contributed by atoms with van der Waals surface area (Å²) in [4.78, 5) is 32.5. The van der Waals surface area contributed by atoms with E-state index in [2.05, 4.69) is 4.74 Å². The summed E-state index contributed by atoms with van der Waals surface area (Å²) in [7, 11) is 1.15. The van der Waals surface area contributed by atoms with E-state index < -0.39 is 11.8 Å². The molecule has 0 heterocycles. The molecule has 0 bridgehead atoms. The van der Waals surface area contributed by atoms with Crippen LogP contribution < -0.4 is 0 Å². The first-order valence-corrected chi connectivity index (χ1v) is 3.21. The Hall–Kier alpha value is -1.71. The third-order valence-electron chi connectivity index (χ3n) is 1.36. The maximum Gasteiger partial charge on any atom is 0.341 e. The second kappa shape index (κ2) is 3.13. The highest BCUT2D eigenvalue weighted by molar-refractivity contribution is 6.28. The Bertz CT molecular complexity index is 309. The number of hydrogen-bond acceptors (Lipinski definition) is 4. The molecule has 0 radical (unpaired) electrons. The number of hydrogen-bond donors (Lipinski definition) is 0. The number of methoxy groups -OCH3 is 1. The summed E-state index contributed by atoms with van der Waals surface area (Å²) in [6.45, 7) is 0. The van der Waals surface area contributed by atoms with Gasteiger partial charge in [-0.15, -0.1) is 0 Å². The molecule has 0 N–H and O–H groups in total. The SMILES string of the molecule is COC(=O)C1=CC(=O)C=CC1=O. The van der Waals surface area contributed by atoms with Crippen molar-refractivity contribution in [1.82, 2.24) is 0 Å². The van der Waals surface area contributed by atoms with Gasteiger partial charge in [0.25, 0.3) is 0 Å². The normalized spacial score (nSPS) is 15.9.